The number of amides is 2. The summed E-state index contributed by atoms with van der Waals surface area (Å²) in [5, 5.41) is 7.21. The molecule has 1 atom stereocenters. The van der Waals surface area contributed by atoms with E-state index in [1.165, 1.54) is 16.9 Å². The van der Waals surface area contributed by atoms with Gasteiger partial charge in [-0.2, -0.15) is 0 Å². The van der Waals surface area contributed by atoms with E-state index in [0.717, 1.165) is 41.1 Å². The molecule has 2 aromatic rings. The highest BCUT2D eigenvalue weighted by atomic mass is 32.1. The Labute approximate surface area is 143 Å². The number of nitrogens with one attached hydrogen (secondary N) is 2. The van der Waals surface area contributed by atoms with E-state index in [0.29, 0.717) is 0 Å². The van der Waals surface area contributed by atoms with Gasteiger partial charge in [0.25, 0.3) is 11.8 Å². The van der Waals surface area contributed by atoms with E-state index in [1.807, 2.05) is 24.3 Å². The molecule has 1 unspecified atom stereocenters. The van der Waals surface area contributed by atoms with E-state index in [4.69, 9.17) is 0 Å². The third-order valence-corrected chi connectivity index (χ3v) is 6.50. The van der Waals surface area contributed by atoms with Crippen LogP contribution in [0.15, 0.2) is 24.3 Å². The van der Waals surface area contributed by atoms with Gasteiger partial charge in [0.15, 0.2) is 0 Å². The van der Waals surface area contributed by atoms with Gasteiger partial charge in [-0.1, -0.05) is 18.2 Å². The summed E-state index contributed by atoms with van der Waals surface area (Å²) < 4.78 is 0. The van der Waals surface area contributed by atoms with Crippen molar-refractivity contribution in [1.29, 1.82) is 0 Å². The maximum Gasteiger partial charge on any atom is 0.278 e. The molecule has 2 N–H and O–H groups in total. The van der Waals surface area contributed by atoms with Crippen LogP contribution in [0.5, 0.6) is 0 Å². The quantitative estimate of drug-likeness (QED) is 0.776. The highest BCUT2D eigenvalue weighted by molar-refractivity contribution is 7.16. The summed E-state index contributed by atoms with van der Waals surface area (Å²) in [7, 11) is 1.75. The summed E-state index contributed by atoms with van der Waals surface area (Å²) in [5.74, 6) is -0.282. The SMILES string of the molecule is CN1C(=O)C2(NC(=O)c3c(sc4c3CCCC4)N2)c2ccccc21. The molecular formula is C18H17N3O2S. The average molecular weight is 339 g/mol. The van der Waals surface area contributed by atoms with Crippen LogP contribution in [-0.2, 0) is 23.3 Å². The van der Waals surface area contributed by atoms with Crippen LogP contribution < -0.4 is 15.5 Å². The zero-order valence-electron chi connectivity index (χ0n) is 13.3. The minimum atomic E-state index is -1.18. The van der Waals surface area contributed by atoms with Gasteiger partial charge in [-0.25, -0.2) is 0 Å². The standard InChI is InChI=1S/C18H17N3O2S/c1-21-12-8-4-3-7-11(12)18(17(21)23)19-15(22)14-10-6-2-5-9-13(10)24-16(14)20-18/h3-4,7-8,20H,2,5-6,9H2,1H3,(H,19,22). The Bertz CT molecular complexity index is 904. The van der Waals surface area contributed by atoms with E-state index in [2.05, 4.69) is 10.6 Å². The molecule has 6 heteroatoms. The van der Waals surface area contributed by atoms with E-state index < -0.39 is 5.66 Å². The smallest absolute Gasteiger partial charge is 0.278 e. The average Bonchev–Trinajstić information content (AvgIpc) is 3.06. The van der Waals surface area contributed by atoms with Crippen molar-refractivity contribution < 1.29 is 9.59 Å². The zero-order chi connectivity index (χ0) is 16.5. The molecule has 5 rings (SSSR count). The summed E-state index contributed by atoms with van der Waals surface area (Å²) in [4.78, 5) is 28.8. The van der Waals surface area contributed by atoms with Gasteiger partial charge >= 0.3 is 0 Å². The van der Waals surface area contributed by atoms with Crippen molar-refractivity contribution in [2.24, 2.45) is 0 Å². The Morgan fingerprint density at radius 3 is 2.79 bits per heavy atom. The van der Waals surface area contributed by atoms with Gasteiger partial charge in [0.1, 0.15) is 5.00 Å². The number of carbonyl (C=O) groups excluding carboxylic acids is 2. The summed E-state index contributed by atoms with van der Waals surface area (Å²) >= 11 is 1.64. The third-order valence-electron chi connectivity index (χ3n) is 5.30. The second-order valence-corrected chi connectivity index (χ2v) is 7.73. The molecule has 1 aromatic carbocycles. The summed E-state index contributed by atoms with van der Waals surface area (Å²) in [6, 6.07) is 7.62. The number of nitrogens with zero attached hydrogens (tertiary/aromatic N) is 1. The molecule has 0 saturated heterocycles. The molecule has 1 spiro atoms. The van der Waals surface area contributed by atoms with Crippen LogP contribution in [0.3, 0.4) is 0 Å². The lowest BCUT2D eigenvalue weighted by molar-refractivity contribution is -0.122. The van der Waals surface area contributed by atoms with Crippen molar-refractivity contribution >= 4 is 33.8 Å². The highest BCUT2D eigenvalue weighted by Crippen LogP contribution is 2.47. The van der Waals surface area contributed by atoms with Gasteiger partial charge in [0, 0.05) is 17.5 Å². The summed E-state index contributed by atoms with van der Waals surface area (Å²) in [6.07, 6.45) is 4.27. The Hall–Kier alpha value is -2.34. The molecule has 0 bridgehead atoms. The highest BCUT2D eigenvalue weighted by Gasteiger charge is 2.54. The second-order valence-electron chi connectivity index (χ2n) is 6.63. The molecule has 2 aliphatic heterocycles. The fraction of sp³-hybridized carbons (Fsp3) is 0.333. The number of hydrogen-bond acceptors (Lipinski definition) is 4. The molecule has 0 fully saturated rings. The van der Waals surface area contributed by atoms with E-state index in [1.54, 1.807) is 23.3 Å². The van der Waals surface area contributed by atoms with Gasteiger partial charge < -0.3 is 15.5 Å². The summed E-state index contributed by atoms with van der Waals surface area (Å²) in [6.45, 7) is 0. The second kappa shape index (κ2) is 4.60. The summed E-state index contributed by atoms with van der Waals surface area (Å²) in [5.41, 5.74) is 2.39. The monoisotopic (exact) mass is 339 g/mol. The van der Waals surface area contributed by atoms with Gasteiger partial charge in [0.05, 0.1) is 11.3 Å². The Morgan fingerprint density at radius 1 is 1.12 bits per heavy atom. The number of anilines is 2. The van der Waals surface area contributed by atoms with Gasteiger partial charge in [-0.3, -0.25) is 9.59 Å². The number of thiophene rings is 1. The lowest BCUT2D eigenvalue weighted by Crippen LogP contribution is -2.60. The van der Waals surface area contributed by atoms with Crippen LogP contribution in [-0.4, -0.2) is 18.9 Å². The molecule has 0 saturated carbocycles. The number of fused-ring (bicyclic) bond motifs is 5. The number of hydrogen-bond donors (Lipinski definition) is 2. The van der Waals surface area contributed by atoms with Crippen molar-refractivity contribution in [2.75, 3.05) is 17.3 Å². The minimum absolute atomic E-state index is 0.137. The molecule has 0 radical (unpaired) electrons. The molecule has 1 aliphatic carbocycles. The topological polar surface area (TPSA) is 61.4 Å². The molecule has 1 aromatic heterocycles. The Morgan fingerprint density at radius 2 is 1.92 bits per heavy atom. The third kappa shape index (κ3) is 1.59. The Balaban J connectivity index is 1.69. The van der Waals surface area contributed by atoms with Gasteiger partial charge in [-0.15, -0.1) is 11.3 Å². The van der Waals surface area contributed by atoms with Crippen LogP contribution >= 0.6 is 11.3 Å². The normalized spacial score (nSPS) is 24.3. The predicted octanol–water partition coefficient (Wildman–Crippen LogP) is 2.61. The van der Waals surface area contributed by atoms with Crippen molar-refractivity contribution in [3.8, 4) is 0 Å². The minimum Gasteiger partial charge on any atom is -0.342 e. The van der Waals surface area contributed by atoms with Crippen LogP contribution in [0, 0.1) is 0 Å². The van der Waals surface area contributed by atoms with Crippen LogP contribution in [0.25, 0.3) is 0 Å². The number of benzene rings is 1. The molecule has 2 amide bonds. The first-order chi connectivity index (χ1) is 11.6. The lowest BCUT2D eigenvalue weighted by Gasteiger charge is -2.35. The van der Waals surface area contributed by atoms with E-state index in [-0.39, 0.29) is 11.8 Å². The molecular weight excluding hydrogens is 322 g/mol. The van der Waals surface area contributed by atoms with Crippen molar-refractivity contribution in [3.05, 3.63) is 45.8 Å². The first-order valence-electron chi connectivity index (χ1n) is 8.25. The van der Waals surface area contributed by atoms with Crippen molar-refractivity contribution in [1.82, 2.24) is 5.32 Å². The predicted molar refractivity (Wildman–Crippen MR) is 93.6 cm³/mol. The zero-order valence-corrected chi connectivity index (χ0v) is 14.1. The number of rotatable bonds is 0. The lowest BCUT2D eigenvalue weighted by atomic mass is 9.92. The first kappa shape index (κ1) is 14.0. The fourth-order valence-electron chi connectivity index (χ4n) is 4.13. The number of likely N-dealkylation sites (N-methyl/N-ethyl adjacent to an activating group) is 1. The maximum absolute atomic E-state index is 13.0. The Kier molecular flexibility index (Phi) is 2.69. The largest absolute Gasteiger partial charge is 0.342 e. The van der Waals surface area contributed by atoms with Crippen LogP contribution in [0.2, 0.25) is 0 Å². The van der Waals surface area contributed by atoms with Crippen molar-refractivity contribution in [2.45, 2.75) is 31.3 Å². The van der Waals surface area contributed by atoms with Crippen molar-refractivity contribution in [3.63, 3.8) is 0 Å². The van der Waals surface area contributed by atoms with E-state index >= 15 is 0 Å². The van der Waals surface area contributed by atoms with Gasteiger partial charge in [0.2, 0.25) is 5.66 Å². The van der Waals surface area contributed by atoms with Crippen LogP contribution in [0.4, 0.5) is 10.7 Å². The molecule has 3 aliphatic rings. The maximum atomic E-state index is 13.0. The molecule has 3 heterocycles. The first-order valence-corrected chi connectivity index (χ1v) is 9.06. The van der Waals surface area contributed by atoms with E-state index in [9.17, 15) is 9.59 Å². The number of aryl methyl sites for hydroxylation is 1. The number of carbonyl (C=O) groups is 2. The number of para-hydroxylation sites is 1. The molecule has 24 heavy (non-hydrogen) atoms. The molecule has 5 nitrogen and oxygen atoms in total. The fourth-order valence-corrected chi connectivity index (χ4v) is 5.47. The van der Waals surface area contributed by atoms with Crippen LogP contribution in [0.1, 0.15) is 39.2 Å². The van der Waals surface area contributed by atoms with Gasteiger partial charge in [-0.05, 0) is 37.3 Å². The molecule has 122 valence electrons.